The van der Waals surface area contributed by atoms with E-state index in [-0.39, 0.29) is 10.5 Å². The molecule has 0 radical (unpaired) electrons. The van der Waals surface area contributed by atoms with Crippen LogP contribution in [0.1, 0.15) is 10.4 Å². The van der Waals surface area contributed by atoms with E-state index >= 15 is 0 Å². The summed E-state index contributed by atoms with van der Waals surface area (Å²) in [6.45, 7) is 0. The Hall–Kier alpha value is -2.68. The highest BCUT2D eigenvalue weighted by Crippen LogP contribution is 2.27. The number of para-hydroxylation sites is 1. The van der Waals surface area contributed by atoms with Gasteiger partial charge in [0.1, 0.15) is 11.5 Å². The molecular formula is C21H19BrN2O4S. The first-order chi connectivity index (χ1) is 13.8. The fourth-order valence-electron chi connectivity index (χ4n) is 2.50. The zero-order chi connectivity index (χ0) is 21.0. The summed E-state index contributed by atoms with van der Waals surface area (Å²) in [5.41, 5.74) is 0.756. The Morgan fingerprint density at radius 2 is 1.62 bits per heavy atom. The number of carbonyl (C=O) groups is 1. The number of amides is 1. The second-order valence-corrected chi connectivity index (χ2v) is 9.30. The van der Waals surface area contributed by atoms with Crippen LogP contribution in [0.3, 0.4) is 0 Å². The van der Waals surface area contributed by atoms with Crippen molar-refractivity contribution >= 4 is 37.5 Å². The molecule has 1 amide bonds. The van der Waals surface area contributed by atoms with Crippen molar-refractivity contribution in [2.24, 2.45) is 0 Å². The Morgan fingerprint density at radius 3 is 2.31 bits per heavy atom. The Labute approximate surface area is 178 Å². The summed E-state index contributed by atoms with van der Waals surface area (Å²) in [7, 11) is -0.817. The predicted octanol–water partition coefficient (Wildman–Crippen LogP) is 4.74. The van der Waals surface area contributed by atoms with Crippen LogP contribution in [0, 0.1) is 0 Å². The average molecular weight is 475 g/mol. The first-order valence-corrected chi connectivity index (χ1v) is 10.9. The van der Waals surface area contributed by atoms with Crippen LogP contribution in [0.15, 0.2) is 82.2 Å². The summed E-state index contributed by atoms with van der Waals surface area (Å²) in [5, 5.41) is 2.77. The summed E-state index contributed by atoms with van der Waals surface area (Å²) in [4.78, 5) is 12.7. The highest BCUT2D eigenvalue weighted by atomic mass is 79.9. The van der Waals surface area contributed by atoms with E-state index in [0.717, 1.165) is 4.31 Å². The topological polar surface area (TPSA) is 75.7 Å². The van der Waals surface area contributed by atoms with Crippen molar-refractivity contribution in [3.05, 3.63) is 82.8 Å². The third-order valence-electron chi connectivity index (χ3n) is 4.02. The van der Waals surface area contributed by atoms with Gasteiger partial charge in [0.05, 0.1) is 4.90 Å². The van der Waals surface area contributed by atoms with Crippen LogP contribution in [-0.4, -0.2) is 32.7 Å². The number of carbonyl (C=O) groups excluding carboxylic acids is 1. The molecular weight excluding hydrogens is 456 g/mol. The lowest BCUT2D eigenvalue weighted by atomic mass is 10.2. The van der Waals surface area contributed by atoms with Crippen LogP contribution in [0.5, 0.6) is 11.5 Å². The number of ether oxygens (including phenoxy) is 1. The monoisotopic (exact) mass is 474 g/mol. The normalized spacial score (nSPS) is 11.3. The van der Waals surface area contributed by atoms with Gasteiger partial charge in [0.15, 0.2) is 0 Å². The first kappa shape index (κ1) is 21.0. The molecule has 6 nitrogen and oxygen atoms in total. The third kappa shape index (κ3) is 5.03. The summed E-state index contributed by atoms with van der Waals surface area (Å²) in [5.74, 6) is 0.827. The largest absolute Gasteiger partial charge is 0.457 e. The number of benzene rings is 3. The van der Waals surface area contributed by atoms with Gasteiger partial charge in [0, 0.05) is 35.9 Å². The molecule has 0 bridgehead atoms. The van der Waals surface area contributed by atoms with Gasteiger partial charge < -0.3 is 10.1 Å². The van der Waals surface area contributed by atoms with Gasteiger partial charge in [-0.15, -0.1) is 0 Å². The van der Waals surface area contributed by atoms with Crippen molar-refractivity contribution < 1.29 is 17.9 Å². The van der Waals surface area contributed by atoms with Gasteiger partial charge in [-0.05, 0) is 58.4 Å². The van der Waals surface area contributed by atoms with Crippen molar-refractivity contribution in [3.63, 3.8) is 0 Å². The van der Waals surface area contributed by atoms with Gasteiger partial charge in [0.2, 0.25) is 10.0 Å². The second-order valence-electron chi connectivity index (χ2n) is 6.33. The molecule has 0 saturated heterocycles. The van der Waals surface area contributed by atoms with E-state index in [1.165, 1.54) is 20.2 Å². The van der Waals surface area contributed by atoms with Gasteiger partial charge >= 0.3 is 0 Å². The molecule has 8 heteroatoms. The van der Waals surface area contributed by atoms with E-state index in [0.29, 0.717) is 21.7 Å². The second kappa shape index (κ2) is 8.77. The predicted molar refractivity (Wildman–Crippen MR) is 116 cm³/mol. The maximum absolute atomic E-state index is 12.7. The van der Waals surface area contributed by atoms with Gasteiger partial charge in [-0.25, -0.2) is 12.7 Å². The minimum atomic E-state index is -3.69. The summed E-state index contributed by atoms with van der Waals surface area (Å²) >= 11 is 3.24. The van der Waals surface area contributed by atoms with Crippen molar-refractivity contribution in [2.45, 2.75) is 4.90 Å². The molecule has 0 fully saturated rings. The Balaban J connectivity index is 1.81. The standard InChI is InChI=1S/C21H19BrN2O4S/c1-24(2)29(26,27)20-13-15(11-12-19(20)22)21(25)23-16-7-6-10-18(14-16)28-17-8-4-3-5-9-17/h3-14H,1-2H3,(H,23,25). The van der Waals surface area contributed by atoms with E-state index in [4.69, 9.17) is 4.74 Å². The molecule has 0 aliphatic rings. The number of halogens is 1. The van der Waals surface area contributed by atoms with Crippen LogP contribution < -0.4 is 10.1 Å². The van der Waals surface area contributed by atoms with Crippen molar-refractivity contribution in [3.8, 4) is 11.5 Å². The Kier molecular flexibility index (Phi) is 6.36. The van der Waals surface area contributed by atoms with E-state index in [1.807, 2.05) is 30.3 Å². The van der Waals surface area contributed by atoms with E-state index in [1.54, 1.807) is 36.4 Å². The molecule has 29 heavy (non-hydrogen) atoms. The van der Waals surface area contributed by atoms with Gasteiger partial charge in [-0.2, -0.15) is 0 Å². The van der Waals surface area contributed by atoms with Gasteiger partial charge in [-0.1, -0.05) is 24.3 Å². The number of nitrogens with zero attached hydrogens (tertiary/aromatic N) is 1. The van der Waals surface area contributed by atoms with Crippen LogP contribution in [0.2, 0.25) is 0 Å². The van der Waals surface area contributed by atoms with Gasteiger partial charge in [0.25, 0.3) is 5.91 Å². The van der Waals surface area contributed by atoms with Crippen molar-refractivity contribution in [2.75, 3.05) is 19.4 Å². The molecule has 0 unspecified atom stereocenters. The highest BCUT2D eigenvalue weighted by Gasteiger charge is 2.22. The number of sulfonamides is 1. The molecule has 3 aromatic carbocycles. The summed E-state index contributed by atoms with van der Waals surface area (Å²) in [6, 6.07) is 20.7. The zero-order valence-electron chi connectivity index (χ0n) is 15.8. The van der Waals surface area contributed by atoms with Crippen LogP contribution in [0.4, 0.5) is 5.69 Å². The quantitative estimate of drug-likeness (QED) is 0.559. The lowest BCUT2D eigenvalue weighted by molar-refractivity contribution is 0.102. The third-order valence-corrected chi connectivity index (χ3v) is 6.83. The fourth-order valence-corrected chi connectivity index (χ4v) is 4.35. The van der Waals surface area contributed by atoms with E-state index < -0.39 is 15.9 Å². The molecule has 0 heterocycles. The molecule has 3 aromatic rings. The van der Waals surface area contributed by atoms with Crippen LogP contribution in [-0.2, 0) is 10.0 Å². The lowest BCUT2D eigenvalue weighted by Crippen LogP contribution is -2.23. The molecule has 0 saturated carbocycles. The highest BCUT2D eigenvalue weighted by molar-refractivity contribution is 9.10. The number of anilines is 1. The lowest BCUT2D eigenvalue weighted by Gasteiger charge is -2.14. The fraction of sp³-hybridized carbons (Fsp3) is 0.0952. The van der Waals surface area contributed by atoms with Crippen molar-refractivity contribution in [1.82, 2.24) is 4.31 Å². The molecule has 0 atom stereocenters. The van der Waals surface area contributed by atoms with Gasteiger partial charge in [-0.3, -0.25) is 4.79 Å². The smallest absolute Gasteiger partial charge is 0.255 e. The minimum Gasteiger partial charge on any atom is -0.457 e. The molecule has 0 aromatic heterocycles. The molecule has 150 valence electrons. The molecule has 0 aliphatic heterocycles. The van der Waals surface area contributed by atoms with E-state index in [2.05, 4.69) is 21.2 Å². The maximum Gasteiger partial charge on any atom is 0.255 e. The molecule has 3 rings (SSSR count). The molecule has 1 N–H and O–H groups in total. The Bertz CT molecular complexity index is 1130. The number of hydrogen-bond acceptors (Lipinski definition) is 4. The van der Waals surface area contributed by atoms with Crippen LogP contribution >= 0.6 is 15.9 Å². The molecule has 0 aliphatic carbocycles. The van der Waals surface area contributed by atoms with Crippen molar-refractivity contribution in [1.29, 1.82) is 0 Å². The number of hydrogen-bond donors (Lipinski definition) is 1. The van der Waals surface area contributed by atoms with E-state index in [9.17, 15) is 13.2 Å². The summed E-state index contributed by atoms with van der Waals surface area (Å²) < 4.78 is 32.2. The molecule has 0 spiro atoms. The average Bonchev–Trinajstić information content (AvgIpc) is 2.69. The number of nitrogens with one attached hydrogen (secondary N) is 1. The van der Waals surface area contributed by atoms with Crippen LogP contribution in [0.25, 0.3) is 0 Å². The zero-order valence-corrected chi connectivity index (χ0v) is 18.2. The first-order valence-electron chi connectivity index (χ1n) is 8.64. The minimum absolute atomic E-state index is 0.0244. The SMILES string of the molecule is CN(C)S(=O)(=O)c1cc(C(=O)Nc2cccc(Oc3ccccc3)c2)ccc1Br. The Morgan fingerprint density at radius 1 is 0.931 bits per heavy atom. The maximum atomic E-state index is 12.7. The number of rotatable bonds is 6. The summed E-state index contributed by atoms with van der Waals surface area (Å²) in [6.07, 6.45) is 0.